The molecule has 5 nitrogen and oxygen atoms in total. The number of amides is 1. The van der Waals surface area contributed by atoms with E-state index in [9.17, 15) is 9.59 Å². The Balaban J connectivity index is 2.15. The maximum Gasteiger partial charge on any atom is 0.410 e. The Kier molecular flexibility index (Phi) is 4.72. The highest BCUT2D eigenvalue weighted by atomic mass is 127. The van der Waals surface area contributed by atoms with Gasteiger partial charge in [-0.15, -0.1) is 0 Å². The highest BCUT2D eigenvalue weighted by Gasteiger charge is 2.65. The molecule has 0 unspecified atom stereocenters. The number of ether oxygens (including phenoxy) is 2. The van der Waals surface area contributed by atoms with E-state index in [-0.39, 0.29) is 17.5 Å². The summed E-state index contributed by atoms with van der Waals surface area (Å²) in [5, 5.41) is 0. The Morgan fingerprint density at radius 3 is 1.96 bits per heavy atom. The minimum Gasteiger partial charge on any atom is -0.459 e. The van der Waals surface area contributed by atoms with Gasteiger partial charge >= 0.3 is 12.1 Å². The van der Waals surface area contributed by atoms with Gasteiger partial charge in [0.2, 0.25) is 0 Å². The van der Waals surface area contributed by atoms with Crippen molar-refractivity contribution in [2.24, 2.45) is 10.8 Å². The van der Waals surface area contributed by atoms with Crippen LogP contribution in [0.5, 0.6) is 0 Å². The summed E-state index contributed by atoms with van der Waals surface area (Å²) in [6, 6.07) is 0. The molecule has 1 amide bonds. The summed E-state index contributed by atoms with van der Waals surface area (Å²) in [5.74, 6) is -0.182. The third-order valence-corrected chi connectivity index (χ3v) is 5.83. The third-order valence-electron chi connectivity index (χ3n) is 4.21. The van der Waals surface area contributed by atoms with Crippen LogP contribution in [0.4, 0.5) is 4.79 Å². The van der Waals surface area contributed by atoms with Crippen LogP contribution < -0.4 is 0 Å². The molecule has 1 aliphatic carbocycles. The Morgan fingerprint density at radius 1 is 1.00 bits per heavy atom. The molecule has 0 radical (unpaired) electrons. The second kappa shape index (κ2) is 5.77. The van der Waals surface area contributed by atoms with E-state index >= 15 is 0 Å². The van der Waals surface area contributed by atoms with Crippen LogP contribution >= 0.6 is 22.6 Å². The van der Waals surface area contributed by atoms with Crippen LogP contribution in [0.3, 0.4) is 0 Å². The fraction of sp³-hybridized carbons (Fsp3) is 0.882. The first kappa shape index (κ1) is 18.8. The second-order valence-electron chi connectivity index (χ2n) is 9.11. The first-order valence-corrected chi connectivity index (χ1v) is 9.60. The molecular weight excluding hydrogens is 409 g/mol. The number of piperidine rings is 2. The molecule has 3 aliphatic rings. The summed E-state index contributed by atoms with van der Waals surface area (Å²) in [5.41, 5.74) is -1.59. The van der Waals surface area contributed by atoms with Gasteiger partial charge in [-0.05, 0) is 59.8 Å². The number of nitrogens with zero attached hydrogens (tertiary/aromatic N) is 1. The SMILES string of the molecule is CC(C)(C)OC(=O)N1CC2(CI)CC(C(=O)OC(C)(C)C)(C1)C2. The van der Waals surface area contributed by atoms with Gasteiger partial charge in [0, 0.05) is 17.5 Å². The minimum absolute atomic E-state index is 0.0205. The zero-order chi connectivity index (χ0) is 17.7. The van der Waals surface area contributed by atoms with Crippen molar-refractivity contribution in [3.63, 3.8) is 0 Å². The quantitative estimate of drug-likeness (QED) is 0.375. The van der Waals surface area contributed by atoms with Crippen molar-refractivity contribution in [3.05, 3.63) is 0 Å². The predicted octanol–water partition coefficient (Wildman–Crippen LogP) is 3.78. The van der Waals surface area contributed by atoms with Gasteiger partial charge < -0.3 is 14.4 Å². The van der Waals surface area contributed by atoms with E-state index < -0.39 is 16.6 Å². The summed E-state index contributed by atoms with van der Waals surface area (Å²) in [6.45, 7) is 12.2. The number of rotatable bonds is 2. The number of hydrogen-bond acceptors (Lipinski definition) is 4. The van der Waals surface area contributed by atoms with Crippen LogP contribution in [0.25, 0.3) is 0 Å². The lowest BCUT2D eigenvalue weighted by atomic mass is 9.50. The van der Waals surface area contributed by atoms with Crippen LogP contribution in [0.1, 0.15) is 54.4 Å². The zero-order valence-corrected chi connectivity index (χ0v) is 17.2. The smallest absolute Gasteiger partial charge is 0.410 e. The summed E-state index contributed by atoms with van der Waals surface area (Å²) in [7, 11) is 0. The molecule has 0 aromatic rings. The Hall–Kier alpha value is -0.530. The molecule has 2 saturated heterocycles. The molecule has 2 aliphatic heterocycles. The van der Waals surface area contributed by atoms with Gasteiger partial charge in [0.05, 0.1) is 5.41 Å². The van der Waals surface area contributed by atoms with Gasteiger partial charge in [-0.3, -0.25) is 4.79 Å². The number of halogens is 1. The van der Waals surface area contributed by atoms with Gasteiger partial charge in [0.15, 0.2) is 0 Å². The van der Waals surface area contributed by atoms with Crippen molar-refractivity contribution in [1.82, 2.24) is 4.90 Å². The van der Waals surface area contributed by atoms with Gasteiger partial charge in [-0.1, -0.05) is 22.6 Å². The maximum atomic E-state index is 12.7. The van der Waals surface area contributed by atoms with Crippen LogP contribution in [-0.4, -0.2) is 45.7 Å². The highest BCUT2D eigenvalue weighted by Crippen LogP contribution is 2.60. The van der Waals surface area contributed by atoms with Crippen LogP contribution in [0.2, 0.25) is 0 Å². The molecule has 0 aromatic carbocycles. The molecule has 1 saturated carbocycles. The fourth-order valence-corrected chi connectivity index (χ4v) is 4.40. The van der Waals surface area contributed by atoms with E-state index in [1.807, 2.05) is 41.5 Å². The van der Waals surface area contributed by atoms with Crippen LogP contribution in [0.15, 0.2) is 0 Å². The molecule has 3 fully saturated rings. The molecule has 3 rings (SSSR count). The molecule has 2 heterocycles. The average Bonchev–Trinajstić information content (AvgIpc) is 2.33. The second-order valence-corrected chi connectivity index (χ2v) is 9.87. The molecule has 132 valence electrons. The van der Waals surface area contributed by atoms with Gasteiger partial charge in [0.1, 0.15) is 11.2 Å². The number of alkyl halides is 1. The lowest BCUT2D eigenvalue weighted by Gasteiger charge is -2.61. The minimum atomic E-state index is -0.562. The number of carbonyl (C=O) groups excluding carboxylic acids is 2. The molecule has 23 heavy (non-hydrogen) atoms. The van der Waals surface area contributed by atoms with Crippen molar-refractivity contribution in [2.75, 3.05) is 17.5 Å². The van der Waals surface area contributed by atoms with Crippen molar-refractivity contribution in [2.45, 2.75) is 65.6 Å². The summed E-state index contributed by atoms with van der Waals surface area (Å²) < 4.78 is 12.0. The lowest BCUT2D eigenvalue weighted by molar-refractivity contribution is -0.196. The molecule has 0 atom stereocenters. The normalized spacial score (nSPS) is 30.5. The number of esters is 1. The van der Waals surface area contributed by atoms with Gasteiger partial charge in [-0.2, -0.15) is 0 Å². The van der Waals surface area contributed by atoms with Crippen molar-refractivity contribution < 1.29 is 19.1 Å². The number of carbonyl (C=O) groups is 2. The first-order chi connectivity index (χ1) is 10.3. The van der Waals surface area contributed by atoms with E-state index in [1.165, 1.54) is 0 Å². The molecule has 0 aromatic heterocycles. The largest absolute Gasteiger partial charge is 0.459 e. The standard InChI is InChI=1S/C17H28INO4/c1-14(2,3)22-12(20)17-7-16(8-17,9-18)10-19(11-17)13(21)23-15(4,5)6/h7-11H2,1-6H3. The Labute approximate surface area is 152 Å². The van der Waals surface area contributed by atoms with Gasteiger partial charge in [0.25, 0.3) is 0 Å². The van der Waals surface area contributed by atoms with Crippen LogP contribution in [-0.2, 0) is 14.3 Å². The van der Waals surface area contributed by atoms with E-state index in [0.29, 0.717) is 13.1 Å². The Bertz CT molecular complexity index is 492. The average molecular weight is 437 g/mol. The summed E-state index contributed by atoms with van der Waals surface area (Å²) in [4.78, 5) is 26.8. The highest BCUT2D eigenvalue weighted by molar-refractivity contribution is 14.1. The molecule has 2 bridgehead atoms. The van der Waals surface area contributed by atoms with E-state index in [0.717, 1.165) is 17.3 Å². The predicted molar refractivity (Wildman–Crippen MR) is 96.6 cm³/mol. The monoisotopic (exact) mass is 437 g/mol. The number of hydrogen-bond donors (Lipinski definition) is 0. The van der Waals surface area contributed by atoms with E-state index in [4.69, 9.17) is 9.47 Å². The maximum absolute atomic E-state index is 12.7. The van der Waals surface area contributed by atoms with Crippen molar-refractivity contribution in [1.29, 1.82) is 0 Å². The lowest BCUT2D eigenvalue weighted by Crippen LogP contribution is -2.68. The van der Waals surface area contributed by atoms with Crippen molar-refractivity contribution >= 4 is 34.7 Å². The fourth-order valence-electron chi connectivity index (χ4n) is 3.62. The summed E-state index contributed by atoms with van der Waals surface area (Å²) in [6.07, 6.45) is 1.27. The zero-order valence-electron chi connectivity index (χ0n) is 15.0. The first-order valence-electron chi connectivity index (χ1n) is 8.07. The van der Waals surface area contributed by atoms with Gasteiger partial charge in [-0.25, -0.2) is 4.79 Å². The van der Waals surface area contributed by atoms with Crippen molar-refractivity contribution in [3.8, 4) is 0 Å². The third kappa shape index (κ3) is 4.12. The summed E-state index contributed by atoms with van der Waals surface area (Å²) >= 11 is 2.35. The molecule has 6 heteroatoms. The van der Waals surface area contributed by atoms with E-state index in [2.05, 4.69) is 22.6 Å². The molecule has 0 N–H and O–H groups in total. The van der Waals surface area contributed by atoms with Crippen LogP contribution in [0, 0.1) is 10.8 Å². The molecule has 0 spiro atoms. The Morgan fingerprint density at radius 2 is 1.52 bits per heavy atom. The topological polar surface area (TPSA) is 55.8 Å². The number of fused-ring (bicyclic) bond motifs is 2. The van der Waals surface area contributed by atoms with E-state index in [1.54, 1.807) is 4.90 Å². The molecular formula is C17H28INO4.